The molecule has 0 unspecified atom stereocenters. The summed E-state index contributed by atoms with van der Waals surface area (Å²) < 4.78 is 0. The number of hydrogen-bond acceptors (Lipinski definition) is 2. The number of phenolic OH excluding ortho intramolecular Hbond substituents is 1. The molecule has 3 N–H and O–H groups in total. The van der Waals surface area contributed by atoms with Gasteiger partial charge in [-0.25, -0.2) is 0 Å². The zero-order valence-corrected chi connectivity index (χ0v) is 5.49. The van der Waals surface area contributed by atoms with Gasteiger partial charge in [0.25, 0.3) is 0 Å². The fourth-order valence-electron chi connectivity index (χ4n) is 0.488. The molecule has 0 atom stereocenters. The highest BCUT2D eigenvalue weighted by atomic mass is 16.3. The lowest BCUT2D eigenvalue weighted by molar-refractivity contribution is 0.478. The Kier molecular flexibility index (Phi) is 3.58. The maximum Gasteiger partial charge on any atom is 0.138 e. The standard InChI is InChI=1S/C6H7NO.C2H2/c7-5-3-1-2-4-6(5)8;1-2/h1-4,8H,7H2;1-2H. The normalized spacial score (nSPS) is 7.40. The van der Waals surface area contributed by atoms with Gasteiger partial charge in [-0.3, -0.25) is 0 Å². The summed E-state index contributed by atoms with van der Waals surface area (Å²) in [7, 11) is 0. The molecule has 2 nitrogen and oxygen atoms in total. The van der Waals surface area contributed by atoms with E-state index in [9.17, 15) is 0 Å². The van der Waals surface area contributed by atoms with Crippen LogP contribution in [0.5, 0.6) is 5.75 Å². The first-order valence-corrected chi connectivity index (χ1v) is 2.67. The molecule has 1 aromatic rings. The number of benzene rings is 1. The first-order chi connectivity index (χ1) is 4.80. The van der Waals surface area contributed by atoms with Crippen molar-refractivity contribution in [3.8, 4) is 18.6 Å². The molecule has 0 aliphatic rings. The number of hydrogen-bond donors (Lipinski definition) is 2. The van der Waals surface area contributed by atoms with E-state index in [0.29, 0.717) is 5.69 Å². The molecular formula is C8H9NO. The van der Waals surface area contributed by atoms with Crippen LogP contribution in [0.3, 0.4) is 0 Å². The van der Waals surface area contributed by atoms with Crippen LogP contribution in [-0.2, 0) is 0 Å². The van der Waals surface area contributed by atoms with E-state index in [1.165, 1.54) is 0 Å². The van der Waals surface area contributed by atoms with Gasteiger partial charge in [0.2, 0.25) is 0 Å². The summed E-state index contributed by atoms with van der Waals surface area (Å²) in [4.78, 5) is 0. The van der Waals surface area contributed by atoms with E-state index in [0.717, 1.165) is 0 Å². The molecule has 52 valence electrons. The molecule has 1 rings (SSSR count). The Morgan fingerprint density at radius 1 is 1.20 bits per heavy atom. The average molecular weight is 135 g/mol. The quantitative estimate of drug-likeness (QED) is 0.319. The van der Waals surface area contributed by atoms with Crippen molar-refractivity contribution < 1.29 is 5.11 Å². The topological polar surface area (TPSA) is 46.2 Å². The molecule has 0 heterocycles. The number of terminal acetylenes is 1. The molecule has 0 aliphatic heterocycles. The minimum absolute atomic E-state index is 0.146. The number of nitrogen functional groups attached to an aromatic ring is 1. The highest BCUT2D eigenvalue weighted by Gasteiger charge is 1.87. The van der Waals surface area contributed by atoms with Gasteiger partial charge in [0, 0.05) is 0 Å². The Bertz CT molecular complexity index is 196. The molecule has 10 heavy (non-hydrogen) atoms. The van der Waals surface area contributed by atoms with Crippen molar-refractivity contribution in [1.82, 2.24) is 0 Å². The number of phenols is 1. The third-order valence-corrected chi connectivity index (χ3v) is 0.937. The highest BCUT2D eigenvalue weighted by molar-refractivity contribution is 5.50. The maximum atomic E-state index is 8.79. The largest absolute Gasteiger partial charge is 0.506 e. The van der Waals surface area contributed by atoms with E-state index in [-0.39, 0.29) is 5.75 Å². The third kappa shape index (κ3) is 2.10. The van der Waals surface area contributed by atoms with Gasteiger partial charge in [-0.2, -0.15) is 0 Å². The van der Waals surface area contributed by atoms with Crippen LogP contribution in [0.15, 0.2) is 24.3 Å². The van der Waals surface area contributed by atoms with Crippen molar-refractivity contribution in [2.75, 3.05) is 5.73 Å². The summed E-state index contributed by atoms with van der Waals surface area (Å²) in [6, 6.07) is 6.70. The van der Waals surface area contributed by atoms with Gasteiger partial charge in [0.1, 0.15) is 5.75 Å². The van der Waals surface area contributed by atoms with Gasteiger partial charge in [-0.05, 0) is 12.1 Å². The second-order valence-electron chi connectivity index (χ2n) is 1.56. The maximum absolute atomic E-state index is 8.79. The molecule has 2 heteroatoms. The Morgan fingerprint density at radius 3 is 2.00 bits per heavy atom. The molecule has 0 bridgehead atoms. The Hall–Kier alpha value is -1.62. The van der Waals surface area contributed by atoms with Crippen LogP contribution < -0.4 is 5.73 Å². The fraction of sp³-hybridized carbons (Fsp3) is 0. The van der Waals surface area contributed by atoms with Gasteiger partial charge in [-0.1, -0.05) is 12.1 Å². The summed E-state index contributed by atoms with van der Waals surface area (Å²) in [5.74, 6) is 0.146. The smallest absolute Gasteiger partial charge is 0.138 e. The predicted molar refractivity (Wildman–Crippen MR) is 42.4 cm³/mol. The van der Waals surface area contributed by atoms with E-state index in [1.54, 1.807) is 24.3 Å². The SMILES string of the molecule is C#C.Nc1ccccc1O. The Balaban J connectivity index is 0.000000371. The zero-order valence-electron chi connectivity index (χ0n) is 5.49. The van der Waals surface area contributed by atoms with Gasteiger partial charge < -0.3 is 10.8 Å². The minimum Gasteiger partial charge on any atom is -0.506 e. The zero-order chi connectivity index (χ0) is 7.98. The second kappa shape index (κ2) is 4.28. The van der Waals surface area contributed by atoms with Gasteiger partial charge >= 0.3 is 0 Å². The molecule has 0 fully saturated rings. The van der Waals surface area contributed by atoms with E-state index in [1.807, 2.05) is 0 Å². The molecular weight excluding hydrogens is 126 g/mol. The van der Waals surface area contributed by atoms with Crippen molar-refractivity contribution in [3.05, 3.63) is 24.3 Å². The number of rotatable bonds is 0. The molecule has 0 saturated heterocycles. The van der Waals surface area contributed by atoms with Crippen LogP contribution in [0, 0.1) is 12.8 Å². The second-order valence-corrected chi connectivity index (χ2v) is 1.56. The summed E-state index contributed by atoms with van der Waals surface area (Å²) in [5.41, 5.74) is 5.69. The molecule has 0 aromatic heterocycles. The summed E-state index contributed by atoms with van der Waals surface area (Å²) in [6.45, 7) is 0. The van der Waals surface area contributed by atoms with Gasteiger partial charge in [0.05, 0.1) is 5.69 Å². The van der Waals surface area contributed by atoms with Crippen LogP contribution in [0.4, 0.5) is 5.69 Å². The number of anilines is 1. The fourth-order valence-corrected chi connectivity index (χ4v) is 0.488. The molecule has 0 saturated carbocycles. The lowest BCUT2D eigenvalue weighted by Gasteiger charge is -1.92. The Labute approximate surface area is 60.3 Å². The molecule has 0 amide bonds. The third-order valence-electron chi connectivity index (χ3n) is 0.937. The molecule has 0 spiro atoms. The van der Waals surface area contributed by atoms with E-state index in [4.69, 9.17) is 10.8 Å². The van der Waals surface area contributed by atoms with Gasteiger partial charge in [0.15, 0.2) is 0 Å². The van der Waals surface area contributed by atoms with Crippen molar-refractivity contribution in [3.63, 3.8) is 0 Å². The number of nitrogens with two attached hydrogens (primary N) is 1. The first kappa shape index (κ1) is 8.38. The van der Waals surface area contributed by atoms with Crippen molar-refractivity contribution in [2.24, 2.45) is 0 Å². The molecule has 1 aromatic carbocycles. The van der Waals surface area contributed by atoms with Crippen LogP contribution in [0.1, 0.15) is 0 Å². The van der Waals surface area contributed by atoms with Crippen molar-refractivity contribution in [2.45, 2.75) is 0 Å². The average Bonchev–Trinajstić information content (AvgIpc) is 2.00. The number of para-hydroxylation sites is 2. The summed E-state index contributed by atoms with van der Waals surface area (Å²) in [5, 5.41) is 8.79. The van der Waals surface area contributed by atoms with Gasteiger partial charge in [-0.15, -0.1) is 12.8 Å². The molecule has 0 radical (unpaired) electrons. The highest BCUT2D eigenvalue weighted by Crippen LogP contribution is 2.16. The van der Waals surface area contributed by atoms with E-state index >= 15 is 0 Å². The van der Waals surface area contributed by atoms with E-state index in [2.05, 4.69) is 12.8 Å². The minimum atomic E-state index is 0.146. The number of aromatic hydroxyl groups is 1. The van der Waals surface area contributed by atoms with Crippen LogP contribution in [-0.4, -0.2) is 5.11 Å². The molecule has 0 aliphatic carbocycles. The van der Waals surface area contributed by atoms with Crippen LogP contribution in [0.25, 0.3) is 0 Å². The monoisotopic (exact) mass is 135 g/mol. The van der Waals surface area contributed by atoms with E-state index < -0.39 is 0 Å². The Morgan fingerprint density at radius 2 is 1.70 bits per heavy atom. The summed E-state index contributed by atoms with van der Waals surface area (Å²) in [6.07, 6.45) is 8.00. The van der Waals surface area contributed by atoms with Crippen LogP contribution >= 0.6 is 0 Å². The lowest BCUT2D eigenvalue weighted by Crippen LogP contribution is -1.82. The van der Waals surface area contributed by atoms with Crippen molar-refractivity contribution >= 4 is 5.69 Å². The van der Waals surface area contributed by atoms with Crippen LogP contribution in [0.2, 0.25) is 0 Å². The summed E-state index contributed by atoms with van der Waals surface area (Å²) >= 11 is 0. The lowest BCUT2D eigenvalue weighted by atomic mass is 10.3. The predicted octanol–water partition coefficient (Wildman–Crippen LogP) is 1.22. The van der Waals surface area contributed by atoms with Crippen molar-refractivity contribution in [1.29, 1.82) is 0 Å². The first-order valence-electron chi connectivity index (χ1n) is 2.67.